The molecular weight excluding hydrogens is 797 g/mol. The first kappa shape index (κ1) is 57.8. The Morgan fingerprint density at radius 1 is 0.672 bits per heavy atom. The molecule has 0 rings (SSSR count). The molecule has 0 aromatic carbocycles. The Hall–Kier alpha value is -3.19. The van der Waals surface area contributed by atoms with Crippen LogP contribution in [0.2, 0.25) is 0 Å². The van der Waals surface area contributed by atoms with Crippen molar-refractivity contribution in [2.24, 2.45) is 0 Å². The summed E-state index contributed by atoms with van der Waals surface area (Å²) in [5.74, 6) is -1.20. The zero-order valence-electron chi connectivity index (χ0n) is 37.9. The van der Waals surface area contributed by atoms with E-state index >= 15 is 0 Å². The second kappa shape index (κ2) is 38.5. The summed E-state index contributed by atoms with van der Waals surface area (Å²) in [5, 5.41) is 30.5. The number of aliphatic hydroxyl groups is 3. The van der Waals surface area contributed by atoms with E-state index in [4.69, 9.17) is 18.5 Å². The third-order valence-electron chi connectivity index (χ3n) is 8.93. The van der Waals surface area contributed by atoms with Gasteiger partial charge in [-0.15, -0.1) is 0 Å². The van der Waals surface area contributed by atoms with Crippen LogP contribution in [-0.2, 0) is 32.7 Å². The highest BCUT2D eigenvalue weighted by Gasteiger charge is 2.22. The van der Waals surface area contributed by atoms with Crippen LogP contribution in [-0.4, -0.2) is 104 Å². The van der Waals surface area contributed by atoms with Crippen molar-refractivity contribution in [3.63, 3.8) is 0 Å². The van der Waals surface area contributed by atoms with Crippen LogP contribution in [0.25, 0.3) is 0 Å². The third kappa shape index (κ3) is 40.6. The minimum atomic E-state index is -4.74. The highest BCUT2D eigenvalue weighted by atomic mass is 31.2. The van der Waals surface area contributed by atoms with E-state index < -0.39 is 57.4 Å². The van der Waals surface area contributed by atoms with Crippen LogP contribution >= 0.6 is 7.82 Å². The van der Waals surface area contributed by atoms with Gasteiger partial charge in [0.2, 0.25) is 0 Å². The molecule has 0 fully saturated rings. The van der Waals surface area contributed by atoms with Crippen LogP contribution in [0, 0.1) is 0 Å². The molecule has 12 nitrogen and oxygen atoms in total. The minimum Gasteiger partial charge on any atom is -0.756 e. The number of carbonyl (C=O) groups excluding carboxylic acids is 2. The molecule has 3 N–H and O–H groups in total. The lowest BCUT2D eigenvalue weighted by Crippen LogP contribution is -2.37. The Morgan fingerprint density at radius 2 is 1.26 bits per heavy atom. The van der Waals surface area contributed by atoms with Gasteiger partial charge in [-0.25, -0.2) is 0 Å². The molecule has 5 atom stereocenters. The largest absolute Gasteiger partial charge is 0.756 e. The minimum absolute atomic E-state index is 0.0851. The molecule has 0 aliphatic rings. The van der Waals surface area contributed by atoms with Crippen molar-refractivity contribution in [3.05, 3.63) is 97.2 Å². The molecule has 0 bridgehead atoms. The van der Waals surface area contributed by atoms with Gasteiger partial charge >= 0.3 is 11.9 Å². The molecule has 0 aliphatic carbocycles. The van der Waals surface area contributed by atoms with Crippen LogP contribution in [0.5, 0.6) is 0 Å². The van der Waals surface area contributed by atoms with Crippen molar-refractivity contribution >= 4 is 19.8 Å². The van der Waals surface area contributed by atoms with Gasteiger partial charge in [-0.3, -0.25) is 14.2 Å². The smallest absolute Gasteiger partial charge is 0.306 e. The number of nitrogens with zero attached hydrogens (tertiary/aromatic N) is 1. The van der Waals surface area contributed by atoms with Gasteiger partial charge in [-0.2, -0.15) is 0 Å². The van der Waals surface area contributed by atoms with Gasteiger partial charge in [0, 0.05) is 12.8 Å². The van der Waals surface area contributed by atoms with Crippen molar-refractivity contribution in [1.29, 1.82) is 0 Å². The maximum atomic E-state index is 12.7. The zero-order valence-corrected chi connectivity index (χ0v) is 38.8. The summed E-state index contributed by atoms with van der Waals surface area (Å²) < 4.78 is 33.6. The molecule has 0 aromatic heterocycles. The summed E-state index contributed by atoms with van der Waals surface area (Å²) in [6, 6.07) is 0. The molecule has 0 aliphatic heterocycles. The van der Waals surface area contributed by atoms with Crippen molar-refractivity contribution in [3.8, 4) is 0 Å². The van der Waals surface area contributed by atoms with E-state index in [2.05, 4.69) is 43.4 Å². The number of rotatable bonds is 38. The van der Waals surface area contributed by atoms with Crippen molar-refractivity contribution in [2.75, 3.05) is 47.5 Å². The molecule has 13 heteroatoms. The van der Waals surface area contributed by atoms with Crippen LogP contribution in [0.1, 0.15) is 123 Å². The van der Waals surface area contributed by atoms with Crippen molar-refractivity contribution in [2.45, 2.75) is 147 Å². The number of esters is 2. The molecular formula is C48H80NO11P. The highest BCUT2D eigenvalue weighted by molar-refractivity contribution is 7.45. The average molecular weight is 878 g/mol. The number of phosphoric acid groups is 1. The Kier molecular flexibility index (Phi) is 36.5. The predicted molar refractivity (Wildman–Crippen MR) is 244 cm³/mol. The topological polar surface area (TPSA) is 172 Å². The van der Waals surface area contributed by atoms with E-state index in [0.29, 0.717) is 23.9 Å². The molecule has 0 saturated heterocycles. The quantitative estimate of drug-likeness (QED) is 0.0135. The molecule has 61 heavy (non-hydrogen) atoms. The van der Waals surface area contributed by atoms with Gasteiger partial charge in [0.1, 0.15) is 19.8 Å². The van der Waals surface area contributed by atoms with E-state index in [1.165, 1.54) is 25.3 Å². The molecule has 0 heterocycles. The Bertz CT molecular complexity index is 1410. The highest BCUT2D eigenvalue weighted by Crippen LogP contribution is 2.38. The van der Waals surface area contributed by atoms with Crippen LogP contribution in [0.15, 0.2) is 97.2 Å². The number of phosphoric ester groups is 1. The lowest BCUT2D eigenvalue weighted by Gasteiger charge is -2.28. The van der Waals surface area contributed by atoms with Crippen molar-refractivity contribution in [1.82, 2.24) is 0 Å². The first-order valence-electron chi connectivity index (χ1n) is 22.3. The van der Waals surface area contributed by atoms with E-state index in [1.54, 1.807) is 42.5 Å². The summed E-state index contributed by atoms with van der Waals surface area (Å²) in [6.07, 6.45) is 39.5. The van der Waals surface area contributed by atoms with Crippen LogP contribution < -0.4 is 4.89 Å². The summed E-state index contributed by atoms with van der Waals surface area (Å²) in [6.45, 7) is 3.54. The fourth-order valence-corrected chi connectivity index (χ4v) is 6.02. The van der Waals surface area contributed by atoms with Gasteiger partial charge in [0.05, 0.1) is 46.1 Å². The maximum absolute atomic E-state index is 12.7. The Balaban J connectivity index is 4.75. The zero-order chi connectivity index (χ0) is 45.5. The summed E-state index contributed by atoms with van der Waals surface area (Å²) in [7, 11) is 0.914. The first-order valence-corrected chi connectivity index (χ1v) is 23.7. The Morgan fingerprint density at radius 3 is 1.90 bits per heavy atom. The van der Waals surface area contributed by atoms with E-state index in [1.807, 2.05) is 40.2 Å². The third-order valence-corrected chi connectivity index (χ3v) is 9.89. The molecule has 348 valence electrons. The molecule has 0 aromatic rings. The number of carbonyl (C=O) groups is 2. The second-order valence-electron chi connectivity index (χ2n) is 15.9. The van der Waals surface area contributed by atoms with Gasteiger partial charge in [0.15, 0.2) is 6.10 Å². The second-order valence-corrected chi connectivity index (χ2v) is 17.3. The molecule has 0 radical (unpaired) electrons. The molecule has 0 spiro atoms. The average Bonchev–Trinajstić information content (AvgIpc) is 3.20. The van der Waals surface area contributed by atoms with Gasteiger partial charge in [0.25, 0.3) is 7.82 Å². The van der Waals surface area contributed by atoms with Gasteiger partial charge < -0.3 is 43.2 Å². The number of allylic oxidation sites excluding steroid dienone is 13. The summed E-state index contributed by atoms with van der Waals surface area (Å²) in [4.78, 5) is 37.6. The van der Waals surface area contributed by atoms with E-state index in [9.17, 15) is 34.4 Å². The van der Waals surface area contributed by atoms with Crippen LogP contribution in [0.3, 0.4) is 0 Å². The normalized spacial score (nSPS) is 16.0. The monoisotopic (exact) mass is 878 g/mol. The number of hydrogen-bond acceptors (Lipinski definition) is 11. The summed E-state index contributed by atoms with van der Waals surface area (Å²) in [5.41, 5.74) is 0. The first-order chi connectivity index (χ1) is 29.2. The SMILES string of the molecule is CC/C=C\C[C@H](O)/C=C/C=C/C=C\C=C/[C@@H](O)[C@H](O)CCCC(=O)O[C@H](COC(=O)CCCCCC/C=C\C/C=C\C/C=C\CCCCC)COP(=O)([O-])OCC[N+](C)(C)C. The molecule has 0 amide bonds. The van der Waals surface area contributed by atoms with Crippen molar-refractivity contribution < 1.29 is 57.4 Å². The number of aliphatic hydroxyl groups excluding tert-OH is 3. The lowest BCUT2D eigenvalue weighted by atomic mass is 10.1. The van der Waals surface area contributed by atoms with Gasteiger partial charge in [-0.1, -0.05) is 137 Å². The fraction of sp³-hybridized carbons (Fsp3) is 0.625. The predicted octanol–water partition coefficient (Wildman–Crippen LogP) is 8.85. The molecule has 1 unspecified atom stereocenters. The fourth-order valence-electron chi connectivity index (χ4n) is 5.29. The molecule has 0 saturated carbocycles. The Labute approximate surface area is 368 Å². The number of likely N-dealkylation sites (N-methyl/N-ethyl adjacent to an activating group) is 1. The van der Waals surface area contributed by atoms with Gasteiger partial charge in [-0.05, 0) is 70.6 Å². The number of quaternary nitrogens is 1. The number of unbranched alkanes of at least 4 members (excludes halogenated alkanes) is 7. The number of hydrogen-bond donors (Lipinski definition) is 3. The summed E-state index contributed by atoms with van der Waals surface area (Å²) >= 11 is 0. The van der Waals surface area contributed by atoms with Crippen LogP contribution in [0.4, 0.5) is 0 Å². The van der Waals surface area contributed by atoms with E-state index in [-0.39, 0.29) is 32.3 Å². The maximum Gasteiger partial charge on any atom is 0.306 e. The van der Waals surface area contributed by atoms with E-state index in [0.717, 1.165) is 51.4 Å². The standard InChI is InChI=1S/C48H80NO11P/c1-6-8-10-11-12-13-14-15-16-17-18-19-20-21-22-27-31-37-47(53)57-41-44(42-59-61(55,56)58-40-39-49(3,4)5)60-48(54)38-32-36-46(52)45(51)35-30-26-24-23-25-29-34-43(50)33-28-9-7-2/h9,12-13,15-16,18-19,23-26,28-30,34-35,43-46,50-52H,6-8,10-11,14,17,20-22,27,31-33,36-42H2,1-5H3/b13-12-,16-15-,19-18-,25-23+,26-24-,28-9-,34-29+,35-30-/t43-,44+,45+,46+/m0/s1. The lowest BCUT2D eigenvalue weighted by molar-refractivity contribution is -0.870. The number of ether oxygens (including phenoxy) is 2.